The summed E-state index contributed by atoms with van der Waals surface area (Å²) in [6.07, 6.45) is -3.81. The van der Waals surface area contributed by atoms with E-state index >= 15 is 0 Å². The van der Waals surface area contributed by atoms with Crippen LogP contribution < -0.4 is 20.7 Å². The van der Waals surface area contributed by atoms with E-state index in [1.807, 2.05) is 4.90 Å². The van der Waals surface area contributed by atoms with Gasteiger partial charge in [-0.2, -0.15) is 28.2 Å². The Morgan fingerprint density at radius 3 is 2.43 bits per heavy atom. The first-order chi connectivity index (χ1) is 21.9. The predicted molar refractivity (Wildman–Crippen MR) is 163 cm³/mol. The maximum Gasteiger partial charge on any atom is 0.429 e. The van der Waals surface area contributed by atoms with Gasteiger partial charge in [-0.15, -0.1) is 0 Å². The number of aliphatic carboxylic acids is 1. The topological polar surface area (TPSA) is 152 Å². The van der Waals surface area contributed by atoms with Crippen molar-refractivity contribution in [2.75, 3.05) is 30.3 Å². The lowest BCUT2D eigenvalue weighted by Gasteiger charge is -2.39. The number of nitrogen functional groups attached to an aromatic ring is 1. The van der Waals surface area contributed by atoms with Crippen molar-refractivity contribution in [1.82, 2.24) is 25.1 Å². The monoisotopic (exact) mass is 637 g/mol. The fraction of sp³-hybridized carbons (Fsp3) is 0.375. The van der Waals surface area contributed by atoms with Crippen LogP contribution in [0.5, 0.6) is 5.88 Å². The first kappa shape index (κ1) is 31.3. The number of piperidine rings is 1. The van der Waals surface area contributed by atoms with Gasteiger partial charge in [-0.1, -0.05) is 30.3 Å². The lowest BCUT2D eigenvalue weighted by atomic mass is 9.76. The number of aliphatic hydroxyl groups excluding tert-OH is 1. The number of aliphatic hydroxyl groups is 1. The largest absolute Gasteiger partial charge is 0.480 e. The van der Waals surface area contributed by atoms with Crippen molar-refractivity contribution in [2.24, 2.45) is 5.41 Å². The van der Waals surface area contributed by atoms with E-state index in [1.54, 1.807) is 55.6 Å². The zero-order valence-corrected chi connectivity index (χ0v) is 25.0. The molecule has 6 rings (SSSR count). The molecule has 242 valence electrons. The molecular weight excluding hydrogens is 603 g/mol. The number of halogens is 3. The van der Waals surface area contributed by atoms with Gasteiger partial charge in [0.05, 0.1) is 18.0 Å². The van der Waals surface area contributed by atoms with Gasteiger partial charge in [0.1, 0.15) is 11.9 Å². The number of carbonyl (C=O) groups is 1. The van der Waals surface area contributed by atoms with Gasteiger partial charge in [-0.25, -0.2) is 4.68 Å². The molecule has 2 aromatic carbocycles. The minimum Gasteiger partial charge on any atom is -0.480 e. The number of nitrogens with zero attached hydrogens (tertiary/aromatic N) is 5. The molecule has 2 aliphatic heterocycles. The number of hydrogen-bond donors (Lipinski definition) is 4. The van der Waals surface area contributed by atoms with E-state index in [0.29, 0.717) is 67.1 Å². The zero-order valence-electron chi connectivity index (χ0n) is 25.0. The Bertz CT molecular complexity index is 1720. The SMILES string of the molecule is Cc1ccn(-c2ccc(-c3ccc(CO)cc3)cc2[C@@H](Oc2cc(N3CCC4(CC3)CN[C@H](C(=O)O)C4)nc(N)n2)C(F)(F)F)n1. The van der Waals surface area contributed by atoms with Crippen LogP contribution in [0.3, 0.4) is 0 Å². The Morgan fingerprint density at radius 2 is 1.83 bits per heavy atom. The van der Waals surface area contributed by atoms with Gasteiger partial charge >= 0.3 is 12.1 Å². The number of aromatic nitrogens is 4. The molecule has 0 radical (unpaired) electrons. The second-order valence-electron chi connectivity index (χ2n) is 12.0. The second kappa shape index (κ2) is 12.2. The molecule has 14 heteroatoms. The number of benzene rings is 2. The van der Waals surface area contributed by atoms with Crippen LogP contribution in [0, 0.1) is 12.3 Å². The van der Waals surface area contributed by atoms with Crippen molar-refractivity contribution in [3.63, 3.8) is 0 Å². The first-order valence-electron chi connectivity index (χ1n) is 14.9. The average molecular weight is 638 g/mol. The van der Waals surface area contributed by atoms with E-state index in [2.05, 4.69) is 20.4 Å². The third-order valence-electron chi connectivity index (χ3n) is 8.80. The molecule has 1 spiro atoms. The van der Waals surface area contributed by atoms with Crippen molar-refractivity contribution in [2.45, 2.75) is 51.1 Å². The van der Waals surface area contributed by atoms with Gasteiger partial charge in [-0.05, 0) is 66.5 Å². The maximum atomic E-state index is 14.9. The van der Waals surface area contributed by atoms with Gasteiger partial charge < -0.3 is 30.9 Å². The van der Waals surface area contributed by atoms with Crippen molar-refractivity contribution in [1.29, 1.82) is 0 Å². The molecule has 2 saturated heterocycles. The molecule has 2 atom stereocenters. The average Bonchev–Trinajstić information content (AvgIpc) is 3.66. The summed E-state index contributed by atoms with van der Waals surface area (Å²) in [6.45, 7) is 3.22. The van der Waals surface area contributed by atoms with Crippen LogP contribution in [0.1, 0.15) is 42.2 Å². The van der Waals surface area contributed by atoms with E-state index in [-0.39, 0.29) is 35.1 Å². The van der Waals surface area contributed by atoms with E-state index in [1.165, 1.54) is 16.8 Å². The number of carboxylic acid groups (broad SMARTS) is 1. The van der Waals surface area contributed by atoms with Gasteiger partial charge in [0.15, 0.2) is 0 Å². The second-order valence-corrected chi connectivity index (χ2v) is 12.0. The van der Waals surface area contributed by atoms with E-state index in [4.69, 9.17) is 10.5 Å². The van der Waals surface area contributed by atoms with Gasteiger partial charge in [0.25, 0.3) is 0 Å². The summed E-state index contributed by atoms with van der Waals surface area (Å²) in [4.78, 5) is 21.7. The smallest absolute Gasteiger partial charge is 0.429 e. The lowest BCUT2D eigenvalue weighted by molar-refractivity contribution is -0.198. The molecule has 5 N–H and O–H groups in total. The summed E-state index contributed by atoms with van der Waals surface area (Å²) in [5, 5.41) is 26.2. The summed E-state index contributed by atoms with van der Waals surface area (Å²) in [5.41, 5.74) is 8.30. The summed E-state index contributed by atoms with van der Waals surface area (Å²) in [5.74, 6) is -1.11. The van der Waals surface area contributed by atoms with Crippen LogP contribution >= 0.6 is 0 Å². The van der Waals surface area contributed by atoms with Crippen LogP contribution in [-0.2, 0) is 11.4 Å². The molecule has 2 fully saturated rings. The number of rotatable bonds is 8. The molecule has 0 amide bonds. The molecule has 0 saturated carbocycles. The highest BCUT2D eigenvalue weighted by molar-refractivity contribution is 5.74. The first-order valence-corrected chi connectivity index (χ1v) is 14.9. The third kappa shape index (κ3) is 6.49. The Kier molecular flexibility index (Phi) is 8.33. The van der Waals surface area contributed by atoms with Crippen LogP contribution in [-0.4, -0.2) is 67.8 Å². The number of alkyl halides is 3. The van der Waals surface area contributed by atoms with Crippen LogP contribution in [0.2, 0.25) is 0 Å². The summed E-state index contributed by atoms with van der Waals surface area (Å²) >= 11 is 0. The van der Waals surface area contributed by atoms with Crippen molar-refractivity contribution in [3.8, 4) is 22.7 Å². The van der Waals surface area contributed by atoms with Crippen LogP contribution in [0.25, 0.3) is 16.8 Å². The highest BCUT2D eigenvalue weighted by Crippen LogP contribution is 2.43. The summed E-state index contributed by atoms with van der Waals surface area (Å²) < 4.78 is 51.8. The van der Waals surface area contributed by atoms with Gasteiger partial charge in [-0.3, -0.25) is 4.79 Å². The number of carboxylic acids is 1. The molecule has 0 unspecified atom stereocenters. The van der Waals surface area contributed by atoms with Crippen molar-refractivity contribution in [3.05, 3.63) is 77.6 Å². The molecular formula is C32H34F3N7O4. The fourth-order valence-corrected chi connectivity index (χ4v) is 6.27. The van der Waals surface area contributed by atoms with Crippen LogP contribution in [0.15, 0.2) is 60.8 Å². The van der Waals surface area contributed by atoms with E-state index < -0.39 is 24.3 Å². The number of ether oxygens (including phenoxy) is 1. The molecule has 46 heavy (non-hydrogen) atoms. The highest BCUT2D eigenvalue weighted by atomic mass is 19.4. The highest BCUT2D eigenvalue weighted by Gasteiger charge is 2.46. The van der Waals surface area contributed by atoms with E-state index in [0.717, 1.165) is 0 Å². The quantitative estimate of drug-likeness (QED) is 0.218. The van der Waals surface area contributed by atoms with Gasteiger partial charge in [0.2, 0.25) is 17.9 Å². The van der Waals surface area contributed by atoms with E-state index in [9.17, 15) is 28.2 Å². The number of aryl methyl sites for hydroxylation is 1. The molecule has 0 aliphatic carbocycles. The molecule has 4 heterocycles. The standard InChI is InChI=1S/C32H34F3N7O4/c1-19-8-11-42(40-19)25-7-6-22(21-4-2-20(17-43)3-5-21)14-23(25)28(32(33,34)35)46-27-15-26(38-30(36)39-27)41-12-9-31(10-13-41)16-24(29(44)45)37-18-31/h2-8,11,14-15,24,28,37,43H,9-10,12-13,16-18H2,1H3,(H,44,45)(H2,36,38,39)/t24-,28+/m0/s1. The Labute approximate surface area is 262 Å². The minimum absolute atomic E-state index is 0.155. The molecule has 0 bridgehead atoms. The fourth-order valence-electron chi connectivity index (χ4n) is 6.27. The molecule has 2 aliphatic rings. The van der Waals surface area contributed by atoms with Crippen molar-refractivity contribution < 1.29 is 32.9 Å². The molecule has 4 aromatic rings. The number of hydrogen-bond acceptors (Lipinski definition) is 9. The Balaban J connectivity index is 1.32. The van der Waals surface area contributed by atoms with Gasteiger partial charge in [0, 0.05) is 37.5 Å². The lowest BCUT2D eigenvalue weighted by Crippen LogP contribution is -2.41. The maximum absolute atomic E-state index is 14.9. The zero-order chi connectivity index (χ0) is 32.6. The number of nitrogens with two attached hydrogens (primary N) is 1. The van der Waals surface area contributed by atoms with Crippen molar-refractivity contribution >= 4 is 17.7 Å². The van der Waals surface area contributed by atoms with Crippen LogP contribution in [0.4, 0.5) is 24.9 Å². The predicted octanol–water partition coefficient (Wildman–Crippen LogP) is 4.43. The molecule has 2 aromatic heterocycles. The summed E-state index contributed by atoms with van der Waals surface area (Å²) in [7, 11) is 0. The Hall–Kier alpha value is -4.69. The molecule has 11 nitrogen and oxygen atoms in total. The summed E-state index contributed by atoms with van der Waals surface area (Å²) in [6, 6.07) is 14.0. The number of anilines is 2. The third-order valence-corrected chi connectivity index (χ3v) is 8.80. The minimum atomic E-state index is -4.86. The number of nitrogens with one attached hydrogen (secondary N) is 1. The Morgan fingerprint density at radius 1 is 1.11 bits per heavy atom. The normalized spacial score (nSPS) is 18.5.